The summed E-state index contributed by atoms with van der Waals surface area (Å²) in [5, 5.41) is 12.6. The number of fused-ring (bicyclic) bond motifs is 5. The van der Waals surface area contributed by atoms with Crippen molar-refractivity contribution >= 4 is 29.4 Å². The Balaban J connectivity index is 1.88. The van der Waals surface area contributed by atoms with Gasteiger partial charge in [0.2, 0.25) is 5.91 Å². The minimum atomic E-state index is -0.904. The van der Waals surface area contributed by atoms with E-state index in [4.69, 9.17) is 0 Å². The summed E-state index contributed by atoms with van der Waals surface area (Å²) in [5.41, 5.74) is 4.53. The normalized spacial score (nSPS) is 18.9. The Bertz CT molecular complexity index is 1010. The molecule has 6 nitrogen and oxygen atoms in total. The Kier molecular flexibility index (Phi) is 4.77. The van der Waals surface area contributed by atoms with Crippen LogP contribution in [0.4, 0.5) is 5.69 Å². The third kappa shape index (κ3) is 3.58. The number of ketones is 1. The van der Waals surface area contributed by atoms with Crippen LogP contribution < -0.4 is 5.32 Å². The van der Waals surface area contributed by atoms with Crippen LogP contribution in [-0.2, 0) is 20.8 Å². The largest absolute Gasteiger partial charge is 0.481 e. The van der Waals surface area contributed by atoms with Gasteiger partial charge in [-0.05, 0) is 59.9 Å². The highest BCUT2D eigenvalue weighted by Crippen LogP contribution is 2.35. The number of nitrogens with zero attached hydrogens (tertiary/aromatic N) is 1. The van der Waals surface area contributed by atoms with Crippen molar-refractivity contribution in [1.82, 2.24) is 4.98 Å². The Labute approximate surface area is 162 Å². The van der Waals surface area contributed by atoms with Crippen LogP contribution in [0.2, 0.25) is 0 Å². The number of nitrogens with one attached hydrogen (secondary N) is 1. The quantitative estimate of drug-likeness (QED) is 0.793. The monoisotopic (exact) mass is 376 g/mol. The molecule has 1 aliphatic carbocycles. The molecular formula is C22H20N2O4. The first-order chi connectivity index (χ1) is 13.5. The second-order valence-electron chi connectivity index (χ2n) is 7.23. The predicted molar refractivity (Wildman–Crippen MR) is 105 cm³/mol. The molecule has 1 aromatic carbocycles. The fourth-order valence-corrected chi connectivity index (χ4v) is 3.79. The highest BCUT2D eigenvalue weighted by molar-refractivity contribution is 6.01. The van der Waals surface area contributed by atoms with Gasteiger partial charge in [-0.25, -0.2) is 0 Å². The third-order valence-corrected chi connectivity index (χ3v) is 5.26. The zero-order valence-corrected chi connectivity index (χ0v) is 15.3. The number of carbonyl (C=O) groups excluding carboxylic acids is 2. The third-order valence-electron chi connectivity index (χ3n) is 5.26. The van der Waals surface area contributed by atoms with Gasteiger partial charge < -0.3 is 10.4 Å². The number of hydrogen-bond acceptors (Lipinski definition) is 4. The second kappa shape index (κ2) is 7.38. The number of aromatic nitrogens is 1. The van der Waals surface area contributed by atoms with Crippen LogP contribution in [0.5, 0.6) is 0 Å². The summed E-state index contributed by atoms with van der Waals surface area (Å²) in [5.74, 6) is -1.68. The van der Waals surface area contributed by atoms with Crippen LogP contribution in [0, 0.1) is 0 Å². The average molecular weight is 376 g/mol. The number of allylic oxidation sites excluding steroid dienone is 1. The Hall–Kier alpha value is -3.28. The molecule has 2 aliphatic rings. The first kappa shape index (κ1) is 18.1. The zero-order valence-electron chi connectivity index (χ0n) is 15.3. The summed E-state index contributed by atoms with van der Waals surface area (Å²) < 4.78 is 0. The zero-order chi connectivity index (χ0) is 19.7. The lowest BCUT2D eigenvalue weighted by molar-refractivity contribution is -0.139. The maximum Gasteiger partial charge on any atom is 0.312 e. The van der Waals surface area contributed by atoms with Crippen molar-refractivity contribution in [3.8, 4) is 11.1 Å². The van der Waals surface area contributed by atoms with Gasteiger partial charge in [-0.2, -0.15) is 0 Å². The number of carboxylic acid groups (broad SMARTS) is 1. The van der Waals surface area contributed by atoms with E-state index in [2.05, 4.69) is 10.3 Å². The van der Waals surface area contributed by atoms with Gasteiger partial charge in [0.1, 0.15) is 0 Å². The Morgan fingerprint density at radius 3 is 2.82 bits per heavy atom. The van der Waals surface area contributed by atoms with Crippen molar-refractivity contribution in [2.45, 2.75) is 38.0 Å². The van der Waals surface area contributed by atoms with Gasteiger partial charge in [-0.1, -0.05) is 12.5 Å². The second-order valence-corrected chi connectivity index (χ2v) is 7.23. The maximum absolute atomic E-state index is 12.4. The van der Waals surface area contributed by atoms with Gasteiger partial charge in [-0.3, -0.25) is 19.4 Å². The van der Waals surface area contributed by atoms with E-state index < -0.39 is 11.9 Å². The van der Waals surface area contributed by atoms with Crippen molar-refractivity contribution in [3.63, 3.8) is 0 Å². The molecule has 0 saturated heterocycles. The minimum absolute atomic E-state index is 0.0300. The molecule has 0 saturated carbocycles. The van der Waals surface area contributed by atoms with E-state index in [0.29, 0.717) is 43.5 Å². The number of aliphatic carboxylic acids is 1. The summed E-state index contributed by atoms with van der Waals surface area (Å²) in [6, 6.07) is 7.39. The van der Waals surface area contributed by atoms with Crippen LogP contribution >= 0.6 is 0 Å². The van der Waals surface area contributed by atoms with Crippen molar-refractivity contribution in [1.29, 1.82) is 0 Å². The van der Waals surface area contributed by atoms with Gasteiger partial charge in [0, 0.05) is 30.3 Å². The molecule has 2 bridgehead atoms. The van der Waals surface area contributed by atoms with Crippen LogP contribution in [0.3, 0.4) is 0 Å². The van der Waals surface area contributed by atoms with Crippen LogP contribution in [0.25, 0.3) is 17.2 Å². The molecule has 0 spiro atoms. The number of carbonyl (C=O) groups is 3. The molecule has 1 aliphatic heterocycles. The summed E-state index contributed by atoms with van der Waals surface area (Å²) >= 11 is 0. The number of hydrogen-bond donors (Lipinski definition) is 2. The molecule has 1 amide bonds. The van der Waals surface area contributed by atoms with Gasteiger partial charge in [-0.15, -0.1) is 0 Å². The SMILES string of the molecule is O=C1C=Cc2cc3c(cc2C1)NC(=O)CCCCC(C(=O)O)c1cc-3ccn1. The van der Waals surface area contributed by atoms with Crippen LogP contribution in [-0.4, -0.2) is 27.8 Å². The Morgan fingerprint density at radius 1 is 1.14 bits per heavy atom. The number of benzene rings is 1. The van der Waals surface area contributed by atoms with Gasteiger partial charge >= 0.3 is 5.97 Å². The number of amides is 1. The molecule has 2 aromatic rings. The van der Waals surface area contributed by atoms with Crippen LogP contribution in [0.15, 0.2) is 36.5 Å². The summed E-state index contributed by atoms with van der Waals surface area (Å²) in [4.78, 5) is 40.2. The smallest absolute Gasteiger partial charge is 0.312 e. The molecule has 2 N–H and O–H groups in total. The first-order valence-electron chi connectivity index (χ1n) is 9.38. The number of anilines is 1. The molecule has 2 heterocycles. The molecule has 4 rings (SSSR count). The summed E-state index contributed by atoms with van der Waals surface area (Å²) in [6.45, 7) is 0. The molecule has 1 unspecified atom stereocenters. The fraction of sp³-hybridized carbons (Fsp3) is 0.273. The number of carboxylic acids is 1. The molecule has 1 aromatic heterocycles. The van der Waals surface area contributed by atoms with Crippen molar-refractivity contribution in [2.75, 3.05) is 5.32 Å². The highest BCUT2D eigenvalue weighted by atomic mass is 16.4. The van der Waals surface area contributed by atoms with Gasteiger partial charge in [0.15, 0.2) is 5.78 Å². The lowest BCUT2D eigenvalue weighted by Crippen LogP contribution is -2.16. The van der Waals surface area contributed by atoms with E-state index in [9.17, 15) is 19.5 Å². The topological polar surface area (TPSA) is 96.4 Å². The molecule has 142 valence electrons. The molecule has 28 heavy (non-hydrogen) atoms. The fourth-order valence-electron chi connectivity index (χ4n) is 3.79. The first-order valence-corrected chi connectivity index (χ1v) is 9.38. The van der Waals surface area contributed by atoms with E-state index in [-0.39, 0.29) is 11.7 Å². The van der Waals surface area contributed by atoms with Crippen molar-refractivity contribution in [3.05, 3.63) is 53.4 Å². The van der Waals surface area contributed by atoms with Crippen molar-refractivity contribution < 1.29 is 19.5 Å². The molecule has 1 atom stereocenters. The lowest BCUT2D eigenvalue weighted by Gasteiger charge is -2.19. The number of rotatable bonds is 1. The summed E-state index contributed by atoms with van der Waals surface area (Å²) in [7, 11) is 0. The minimum Gasteiger partial charge on any atom is -0.481 e. The molecular weight excluding hydrogens is 356 g/mol. The van der Waals surface area contributed by atoms with E-state index in [1.807, 2.05) is 18.2 Å². The molecule has 0 fully saturated rings. The van der Waals surface area contributed by atoms with Crippen molar-refractivity contribution in [2.24, 2.45) is 0 Å². The molecule has 6 heteroatoms. The average Bonchev–Trinajstić information content (AvgIpc) is 2.66. The van der Waals surface area contributed by atoms with Gasteiger partial charge in [0.05, 0.1) is 11.6 Å². The van der Waals surface area contributed by atoms with Crippen LogP contribution in [0.1, 0.15) is 48.4 Å². The van der Waals surface area contributed by atoms with E-state index in [1.54, 1.807) is 24.4 Å². The lowest BCUT2D eigenvalue weighted by atomic mass is 9.90. The van der Waals surface area contributed by atoms with Gasteiger partial charge in [0.25, 0.3) is 0 Å². The Morgan fingerprint density at radius 2 is 2.00 bits per heavy atom. The van der Waals surface area contributed by atoms with E-state index in [0.717, 1.165) is 22.3 Å². The highest BCUT2D eigenvalue weighted by Gasteiger charge is 2.23. The number of pyridine rings is 1. The van der Waals surface area contributed by atoms with E-state index >= 15 is 0 Å². The predicted octanol–water partition coefficient (Wildman–Crippen LogP) is 3.57. The molecule has 0 radical (unpaired) electrons. The summed E-state index contributed by atoms with van der Waals surface area (Å²) in [6.07, 6.45) is 7.25. The van der Waals surface area contributed by atoms with E-state index in [1.165, 1.54) is 0 Å². The maximum atomic E-state index is 12.4. The standard InChI is InChI=1S/C22H20N2O4/c25-16-6-5-13-10-18-14-7-8-23-19(11-14)17(22(27)28)3-1-2-4-21(26)24-20(18)12-15(13)9-16/h5-8,10-12,17H,1-4,9H2,(H,24,26)(H,27,28).